The Morgan fingerprint density at radius 3 is 2.74 bits per heavy atom. The van der Waals surface area contributed by atoms with Gasteiger partial charge in [-0.15, -0.1) is 0 Å². The first kappa shape index (κ1) is 16.3. The molecular formula is C19H29N3O. The van der Waals surface area contributed by atoms with Gasteiger partial charge in [-0.1, -0.05) is 37.3 Å². The van der Waals surface area contributed by atoms with E-state index in [-0.39, 0.29) is 6.03 Å². The van der Waals surface area contributed by atoms with E-state index in [1.54, 1.807) is 0 Å². The van der Waals surface area contributed by atoms with E-state index in [1.165, 1.54) is 18.4 Å². The van der Waals surface area contributed by atoms with Crippen molar-refractivity contribution in [3.8, 4) is 0 Å². The first-order valence-corrected chi connectivity index (χ1v) is 8.95. The second-order valence-electron chi connectivity index (χ2n) is 7.12. The minimum Gasteiger partial charge on any atom is -0.338 e. The summed E-state index contributed by atoms with van der Waals surface area (Å²) in [5.74, 6) is 0.475. The fourth-order valence-electron chi connectivity index (χ4n) is 3.95. The van der Waals surface area contributed by atoms with Gasteiger partial charge in [0, 0.05) is 31.7 Å². The predicted molar refractivity (Wildman–Crippen MR) is 93.6 cm³/mol. The average molecular weight is 315 g/mol. The first-order valence-electron chi connectivity index (χ1n) is 8.95. The number of rotatable bonds is 4. The predicted octanol–water partition coefficient (Wildman–Crippen LogP) is 3.06. The molecule has 0 unspecified atom stereocenters. The lowest BCUT2D eigenvalue weighted by Gasteiger charge is -2.26. The molecule has 23 heavy (non-hydrogen) atoms. The molecule has 0 spiro atoms. The Bertz CT molecular complexity index is 519. The molecule has 1 N–H and O–H groups in total. The molecule has 1 aromatic rings. The molecule has 2 aliphatic rings. The molecule has 2 amide bonds. The number of nitrogens with one attached hydrogen (secondary N) is 1. The minimum atomic E-state index is 0.117. The van der Waals surface area contributed by atoms with Gasteiger partial charge in [0.15, 0.2) is 0 Å². The maximum Gasteiger partial charge on any atom is 0.317 e. The summed E-state index contributed by atoms with van der Waals surface area (Å²) in [4.78, 5) is 16.9. The number of amides is 2. The highest BCUT2D eigenvalue weighted by Gasteiger charge is 2.35. The van der Waals surface area contributed by atoms with Gasteiger partial charge in [-0.25, -0.2) is 4.79 Å². The summed E-state index contributed by atoms with van der Waals surface area (Å²) < 4.78 is 0. The third-order valence-electron chi connectivity index (χ3n) is 5.66. The van der Waals surface area contributed by atoms with Crippen LogP contribution in [0, 0.1) is 0 Å². The molecule has 3 rings (SSSR count). The van der Waals surface area contributed by atoms with Crippen LogP contribution in [0.3, 0.4) is 0 Å². The van der Waals surface area contributed by atoms with Crippen LogP contribution in [0.4, 0.5) is 4.79 Å². The molecule has 2 bridgehead atoms. The summed E-state index contributed by atoms with van der Waals surface area (Å²) in [6, 6.07) is 11.9. The molecule has 4 heteroatoms. The molecule has 2 aliphatic heterocycles. The van der Waals surface area contributed by atoms with E-state index in [1.807, 2.05) is 11.0 Å². The van der Waals surface area contributed by atoms with E-state index in [4.69, 9.17) is 0 Å². The molecule has 0 saturated carbocycles. The van der Waals surface area contributed by atoms with Gasteiger partial charge in [0.1, 0.15) is 0 Å². The Morgan fingerprint density at radius 2 is 1.96 bits per heavy atom. The van der Waals surface area contributed by atoms with Gasteiger partial charge in [-0.3, -0.25) is 4.90 Å². The fourth-order valence-corrected chi connectivity index (χ4v) is 3.95. The molecule has 0 aliphatic carbocycles. The van der Waals surface area contributed by atoms with E-state index in [2.05, 4.69) is 48.5 Å². The highest BCUT2D eigenvalue weighted by atomic mass is 16.2. The van der Waals surface area contributed by atoms with Crippen LogP contribution < -0.4 is 5.32 Å². The molecule has 3 atom stereocenters. The van der Waals surface area contributed by atoms with Crippen molar-refractivity contribution in [2.45, 2.75) is 50.6 Å². The van der Waals surface area contributed by atoms with Crippen LogP contribution in [0.25, 0.3) is 0 Å². The molecule has 4 nitrogen and oxygen atoms in total. The van der Waals surface area contributed by atoms with Gasteiger partial charge >= 0.3 is 6.03 Å². The zero-order chi connectivity index (χ0) is 16.2. The zero-order valence-electron chi connectivity index (χ0n) is 14.4. The Morgan fingerprint density at radius 1 is 1.22 bits per heavy atom. The summed E-state index contributed by atoms with van der Waals surface area (Å²) in [6.07, 6.45) is 4.62. The highest BCUT2D eigenvalue weighted by molar-refractivity contribution is 5.74. The first-order chi connectivity index (χ1) is 11.1. The van der Waals surface area contributed by atoms with Crippen LogP contribution in [-0.2, 0) is 0 Å². The average Bonchev–Trinajstić information content (AvgIpc) is 2.80. The minimum absolute atomic E-state index is 0.117. The fraction of sp³-hybridized carbons (Fsp3) is 0.632. The zero-order valence-corrected chi connectivity index (χ0v) is 14.4. The summed E-state index contributed by atoms with van der Waals surface area (Å²) >= 11 is 0. The number of carbonyl (C=O) groups is 1. The van der Waals surface area contributed by atoms with Crippen LogP contribution in [0.15, 0.2) is 30.3 Å². The maximum absolute atomic E-state index is 12.4. The number of carbonyl (C=O) groups excluding carboxylic acids is 1. The SMILES string of the molecule is C[C@@H](CCNC(=O)N1CC[C@H]2CC[C@@H](C1)N2C)c1ccccc1. The van der Waals surface area contributed by atoms with Crippen molar-refractivity contribution in [3.63, 3.8) is 0 Å². The monoisotopic (exact) mass is 315 g/mol. The number of nitrogens with zero attached hydrogens (tertiary/aromatic N) is 2. The highest BCUT2D eigenvalue weighted by Crippen LogP contribution is 2.28. The number of hydrogen-bond donors (Lipinski definition) is 1. The van der Waals surface area contributed by atoms with Crippen molar-refractivity contribution >= 4 is 6.03 Å². The number of fused-ring (bicyclic) bond motifs is 2. The number of urea groups is 1. The summed E-state index contributed by atoms with van der Waals surface area (Å²) in [5, 5.41) is 3.12. The Balaban J connectivity index is 1.44. The number of hydrogen-bond acceptors (Lipinski definition) is 2. The Labute approximate surface area is 139 Å². The smallest absolute Gasteiger partial charge is 0.317 e. The Kier molecular flexibility index (Phi) is 5.21. The second kappa shape index (κ2) is 7.35. The maximum atomic E-state index is 12.4. The van der Waals surface area contributed by atoms with E-state index in [0.717, 1.165) is 32.5 Å². The van der Waals surface area contributed by atoms with E-state index < -0.39 is 0 Å². The third-order valence-corrected chi connectivity index (χ3v) is 5.66. The summed E-state index contributed by atoms with van der Waals surface area (Å²) in [6.45, 7) is 4.75. The van der Waals surface area contributed by atoms with Crippen molar-refractivity contribution in [2.75, 3.05) is 26.7 Å². The quantitative estimate of drug-likeness (QED) is 0.927. The standard InChI is InChI=1S/C19H29N3O/c1-15(16-6-4-3-5-7-16)10-12-20-19(23)22-13-11-17-8-9-18(14-22)21(17)2/h3-7,15,17-18H,8-14H2,1-2H3,(H,20,23)/t15-,17+,18-/m0/s1. The molecule has 2 saturated heterocycles. The lowest BCUT2D eigenvalue weighted by molar-refractivity contribution is 0.188. The number of likely N-dealkylation sites (tertiary alicyclic amines) is 1. The van der Waals surface area contributed by atoms with Gasteiger partial charge < -0.3 is 10.2 Å². The van der Waals surface area contributed by atoms with Crippen molar-refractivity contribution in [1.82, 2.24) is 15.1 Å². The number of benzene rings is 1. The van der Waals surface area contributed by atoms with Crippen LogP contribution in [0.1, 0.15) is 44.1 Å². The van der Waals surface area contributed by atoms with E-state index >= 15 is 0 Å². The molecular weight excluding hydrogens is 286 g/mol. The molecule has 0 radical (unpaired) electrons. The van der Waals surface area contributed by atoms with Gasteiger partial charge in [-0.2, -0.15) is 0 Å². The van der Waals surface area contributed by atoms with Gasteiger partial charge in [0.25, 0.3) is 0 Å². The van der Waals surface area contributed by atoms with Gasteiger partial charge in [0.2, 0.25) is 0 Å². The lowest BCUT2D eigenvalue weighted by atomic mass is 9.98. The van der Waals surface area contributed by atoms with Crippen LogP contribution in [0.2, 0.25) is 0 Å². The molecule has 1 aromatic carbocycles. The molecule has 126 valence electrons. The normalized spacial score (nSPS) is 25.9. The topological polar surface area (TPSA) is 35.6 Å². The summed E-state index contributed by atoms with van der Waals surface area (Å²) in [5.41, 5.74) is 1.34. The van der Waals surface area contributed by atoms with Crippen LogP contribution in [-0.4, -0.2) is 54.6 Å². The van der Waals surface area contributed by atoms with Crippen molar-refractivity contribution in [3.05, 3.63) is 35.9 Å². The van der Waals surface area contributed by atoms with Crippen LogP contribution in [0.5, 0.6) is 0 Å². The molecule has 2 heterocycles. The van der Waals surface area contributed by atoms with E-state index in [0.29, 0.717) is 18.0 Å². The van der Waals surface area contributed by atoms with Crippen molar-refractivity contribution < 1.29 is 4.79 Å². The van der Waals surface area contributed by atoms with Gasteiger partial charge in [-0.05, 0) is 44.2 Å². The number of likely N-dealkylation sites (N-methyl/N-ethyl adjacent to an activating group) is 1. The molecule has 2 fully saturated rings. The summed E-state index contributed by atoms with van der Waals surface area (Å²) in [7, 11) is 2.21. The second-order valence-corrected chi connectivity index (χ2v) is 7.12. The largest absolute Gasteiger partial charge is 0.338 e. The van der Waals surface area contributed by atoms with Crippen molar-refractivity contribution in [1.29, 1.82) is 0 Å². The Hall–Kier alpha value is -1.55. The lowest BCUT2D eigenvalue weighted by Crippen LogP contribution is -2.45. The third kappa shape index (κ3) is 3.86. The van der Waals surface area contributed by atoms with E-state index in [9.17, 15) is 4.79 Å². The van der Waals surface area contributed by atoms with Crippen molar-refractivity contribution in [2.24, 2.45) is 0 Å². The molecule has 0 aromatic heterocycles. The van der Waals surface area contributed by atoms with Gasteiger partial charge in [0.05, 0.1) is 0 Å². The van der Waals surface area contributed by atoms with Crippen LogP contribution >= 0.6 is 0 Å².